The first-order chi connectivity index (χ1) is 13.2. The Balaban J connectivity index is 0.00000450. The van der Waals surface area contributed by atoms with Crippen molar-refractivity contribution in [3.63, 3.8) is 0 Å². The van der Waals surface area contributed by atoms with Crippen molar-refractivity contribution in [2.45, 2.75) is 104 Å². The zero-order valence-corrected chi connectivity index (χ0v) is 23.5. The van der Waals surface area contributed by atoms with Crippen LogP contribution in [0.1, 0.15) is 127 Å². The minimum Gasteiger partial charge on any atom is -0.744 e. The number of benzene rings is 2. The third kappa shape index (κ3) is 4.99. The van der Waals surface area contributed by atoms with Crippen LogP contribution < -0.4 is 29.6 Å². The molecule has 162 valence electrons. The molecule has 0 aliphatic carbocycles. The van der Waals surface area contributed by atoms with E-state index in [1.807, 2.05) is 19.9 Å². The van der Waals surface area contributed by atoms with Crippen molar-refractivity contribution >= 4 is 20.9 Å². The predicted molar refractivity (Wildman–Crippen MR) is 122 cm³/mol. The zero-order valence-electron chi connectivity index (χ0n) is 20.7. The number of hydrogen-bond donors (Lipinski definition) is 0. The molecule has 2 aromatic rings. The molecular weight excluding hydrogens is 403 g/mol. The van der Waals surface area contributed by atoms with Crippen LogP contribution in [-0.4, -0.2) is 13.0 Å². The number of fused-ring (bicyclic) bond motifs is 1. The minimum absolute atomic E-state index is 0. The van der Waals surface area contributed by atoms with E-state index in [-0.39, 0.29) is 58.1 Å². The molecule has 0 unspecified atom stereocenters. The smallest absolute Gasteiger partial charge is 0.744 e. The molecule has 0 aliphatic heterocycles. The van der Waals surface area contributed by atoms with Crippen molar-refractivity contribution in [1.29, 1.82) is 0 Å². The van der Waals surface area contributed by atoms with Gasteiger partial charge in [0, 0.05) is 5.39 Å². The molecule has 0 saturated heterocycles. The fraction of sp³-hybridized carbons (Fsp3) is 0.600. The molecule has 0 radical (unpaired) electrons. The van der Waals surface area contributed by atoms with E-state index in [0.717, 1.165) is 10.9 Å². The van der Waals surface area contributed by atoms with Gasteiger partial charge in [-0.2, -0.15) is 0 Å². The van der Waals surface area contributed by atoms with Gasteiger partial charge in [-0.1, -0.05) is 81.4 Å². The van der Waals surface area contributed by atoms with Gasteiger partial charge in [0.05, 0.1) is 4.90 Å². The van der Waals surface area contributed by atoms with Gasteiger partial charge in [0.25, 0.3) is 0 Å². The summed E-state index contributed by atoms with van der Waals surface area (Å²) in [5.41, 5.74) is 5.37. The molecule has 2 aromatic carbocycles. The Morgan fingerprint density at radius 1 is 0.633 bits per heavy atom. The van der Waals surface area contributed by atoms with Crippen LogP contribution in [0.2, 0.25) is 0 Å². The van der Waals surface area contributed by atoms with Gasteiger partial charge in [-0.15, -0.1) is 0 Å². The normalized spacial score (nSPS) is 12.7. The average molecular weight is 441 g/mol. The topological polar surface area (TPSA) is 57.2 Å². The van der Waals surface area contributed by atoms with E-state index in [2.05, 4.69) is 61.5 Å². The Kier molecular flexibility index (Phi) is 9.25. The summed E-state index contributed by atoms with van der Waals surface area (Å²) in [6, 6.07) is 3.91. The van der Waals surface area contributed by atoms with Crippen LogP contribution in [0.4, 0.5) is 0 Å². The van der Waals surface area contributed by atoms with E-state index in [4.69, 9.17) is 0 Å². The van der Waals surface area contributed by atoms with Crippen molar-refractivity contribution in [3.8, 4) is 0 Å². The molecule has 0 amide bonds. The molecule has 0 N–H and O–H groups in total. The van der Waals surface area contributed by atoms with Crippen LogP contribution in [-0.2, 0) is 10.1 Å². The quantitative estimate of drug-likeness (QED) is 0.495. The monoisotopic (exact) mass is 440 g/mol. The SMILES string of the molecule is CC(C)c1ccc2c(C(C)C)c(C(C)C)c(C(C)C)c(C(C)C)c2c1S(=O)(=O)[O-].[Na+]. The second kappa shape index (κ2) is 10.0. The summed E-state index contributed by atoms with van der Waals surface area (Å²) < 4.78 is 37.7. The molecule has 0 spiro atoms. The predicted octanol–water partition coefficient (Wildman–Crippen LogP) is 4.36. The van der Waals surface area contributed by atoms with Crippen LogP contribution >= 0.6 is 0 Å². The van der Waals surface area contributed by atoms with E-state index < -0.39 is 10.1 Å². The third-order valence-corrected chi connectivity index (χ3v) is 6.74. The van der Waals surface area contributed by atoms with Crippen molar-refractivity contribution < 1.29 is 42.5 Å². The molecule has 0 aromatic heterocycles. The largest absolute Gasteiger partial charge is 1.00 e. The number of hydrogen-bond acceptors (Lipinski definition) is 3. The van der Waals surface area contributed by atoms with E-state index in [9.17, 15) is 13.0 Å². The Bertz CT molecular complexity index is 1020. The summed E-state index contributed by atoms with van der Waals surface area (Å²) in [7, 11) is -4.63. The summed E-state index contributed by atoms with van der Waals surface area (Å²) in [6.45, 7) is 21.1. The zero-order chi connectivity index (χ0) is 22.4. The van der Waals surface area contributed by atoms with E-state index in [1.165, 1.54) is 16.7 Å². The molecule has 3 nitrogen and oxygen atoms in total. The molecule has 30 heavy (non-hydrogen) atoms. The van der Waals surface area contributed by atoms with Gasteiger partial charge in [0.1, 0.15) is 10.1 Å². The van der Waals surface area contributed by atoms with Crippen LogP contribution in [0, 0.1) is 0 Å². The van der Waals surface area contributed by atoms with Gasteiger partial charge in [-0.05, 0) is 62.8 Å². The van der Waals surface area contributed by atoms with Crippen LogP contribution in [0.15, 0.2) is 17.0 Å². The van der Waals surface area contributed by atoms with E-state index in [1.54, 1.807) is 0 Å². The van der Waals surface area contributed by atoms with Gasteiger partial charge >= 0.3 is 29.6 Å². The second-order valence-electron chi connectivity index (χ2n) is 9.79. The van der Waals surface area contributed by atoms with Crippen LogP contribution in [0.5, 0.6) is 0 Å². The number of rotatable bonds is 6. The Hall–Kier alpha value is -0.390. The molecule has 0 atom stereocenters. The van der Waals surface area contributed by atoms with E-state index >= 15 is 0 Å². The van der Waals surface area contributed by atoms with E-state index in [0.29, 0.717) is 16.9 Å². The molecular formula is C25H37NaO3S. The Morgan fingerprint density at radius 2 is 1.03 bits per heavy atom. The second-order valence-corrected chi connectivity index (χ2v) is 11.1. The van der Waals surface area contributed by atoms with Crippen molar-refractivity contribution in [2.24, 2.45) is 0 Å². The van der Waals surface area contributed by atoms with Crippen molar-refractivity contribution in [2.75, 3.05) is 0 Å². The van der Waals surface area contributed by atoms with Crippen LogP contribution in [0.25, 0.3) is 10.8 Å². The van der Waals surface area contributed by atoms with Crippen molar-refractivity contribution in [3.05, 3.63) is 39.9 Å². The fourth-order valence-corrected chi connectivity index (χ4v) is 5.91. The van der Waals surface area contributed by atoms with Crippen molar-refractivity contribution in [1.82, 2.24) is 0 Å². The molecule has 5 heteroatoms. The molecule has 0 heterocycles. The molecule has 0 bridgehead atoms. The minimum atomic E-state index is -4.63. The summed E-state index contributed by atoms with van der Waals surface area (Å²) in [5, 5.41) is 1.59. The standard InChI is InChI=1S/C25H38O3S.Na/c1-13(2)18-11-12-19-20(14(3)4)21(15(5)6)22(16(7)8)23(17(9)10)24(19)25(18)29(26,27)28;/h11-17H,1-10H3,(H,26,27,28);/q;+1/p-1. The fourth-order valence-electron chi connectivity index (χ4n) is 4.85. The summed E-state index contributed by atoms with van der Waals surface area (Å²) >= 11 is 0. The van der Waals surface area contributed by atoms with Gasteiger partial charge < -0.3 is 4.55 Å². The maximum absolute atomic E-state index is 12.6. The maximum atomic E-state index is 12.6. The first-order valence-electron chi connectivity index (χ1n) is 10.8. The maximum Gasteiger partial charge on any atom is 1.00 e. The summed E-state index contributed by atoms with van der Waals surface area (Å²) in [4.78, 5) is -0.00666. The molecule has 0 fully saturated rings. The Morgan fingerprint density at radius 3 is 1.37 bits per heavy atom. The molecule has 2 rings (SSSR count). The third-order valence-electron chi connectivity index (χ3n) is 5.80. The Labute approximate surface area is 206 Å². The van der Waals surface area contributed by atoms with Gasteiger partial charge in [0.2, 0.25) is 0 Å². The summed E-state index contributed by atoms with van der Waals surface area (Å²) in [5.74, 6) is 0.825. The van der Waals surface area contributed by atoms with Gasteiger partial charge in [0.15, 0.2) is 0 Å². The molecule has 0 aliphatic rings. The summed E-state index contributed by atoms with van der Waals surface area (Å²) in [6.07, 6.45) is 0. The first kappa shape index (κ1) is 27.6. The average Bonchev–Trinajstić information content (AvgIpc) is 2.56. The van der Waals surface area contributed by atoms with Gasteiger partial charge in [-0.3, -0.25) is 0 Å². The van der Waals surface area contributed by atoms with Gasteiger partial charge in [-0.25, -0.2) is 8.42 Å². The van der Waals surface area contributed by atoms with Crippen LogP contribution in [0.3, 0.4) is 0 Å². The molecule has 0 saturated carbocycles. The first-order valence-corrected chi connectivity index (χ1v) is 12.2.